The minimum absolute atomic E-state index is 0.0194. The Balaban J connectivity index is 1.25. The molecule has 0 N–H and O–H groups in total. The number of hydrogen-bond acceptors (Lipinski definition) is 4. The summed E-state index contributed by atoms with van der Waals surface area (Å²) in [5, 5.41) is 0. The molecule has 3 aliphatic heterocycles. The Morgan fingerprint density at radius 3 is 2.59 bits per heavy atom. The molecule has 6 nitrogen and oxygen atoms in total. The van der Waals surface area contributed by atoms with Gasteiger partial charge in [0, 0.05) is 36.3 Å². The Kier molecular flexibility index (Phi) is 4.42. The smallest absolute Gasteiger partial charge is 0.253 e. The highest BCUT2D eigenvalue weighted by Crippen LogP contribution is 2.35. The Morgan fingerprint density at radius 1 is 1.00 bits per heavy atom. The maximum Gasteiger partial charge on any atom is 0.253 e. The third-order valence-electron chi connectivity index (χ3n) is 6.20. The average molecular weight is 392 g/mol. The molecule has 2 aromatic rings. The zero-order valence-electron chi connectivity index (χ0n) is 16.5. The van der Waals surface area contributed by atoms with Gasteiger partial charge in [-0.15, -0.1) is 0 Å². The van der Waals surface area contributed by atoms with E-state index in [4.69, 9.17) is 9.47 Å². The first kappa shape index (κ1) is 18.0. The number of fused-ring (bicyclic) bond motifs is 2. The van der Waals surface area contributed by atoms with Gasteiger partial charge in [-0.3, -0.25) is 9.59 Å². The lowest BCUT2D eigenvalue weighted by Gasteiger charge is -2.34. The van der Waals surface area contributed by atoms with Crippen LogP contribution in [0.15, 0.2) is 42.5 Å². The van der Waals surface area contributed by atoms with E-state index in [0.717, 1.165) is 12.1 Å². The van der Waals surface area contributed by atoms with Crippen LogP contribution in [-0.2, 0) is 11.2 Å². The van der Waals surface area contributed by atoms with E-state index in [-0.39, 0.29) is 30.6 Å². The topological polar surface area (TPSA) is 59.1 Å². The highest BCUT2D eigenvalue weighted by Gasteiger charge is 2.36. The predicted molar refractivity (Wildman–Crippen MR) is 108 cm³/mol. The van der Waals surface area contributed by atoms with E-state index < -0.39 is 0 Å². The minimum Gasteiger partial charge on any atom is -0.454 e. The SMILES string of the molecule is CC1Cc2ccccc2N1C(=O)C1CCN(C(=O)c2ccc3c(c2)OCO3)CC1. The fourth-order valence-electron chi connectivity index (χ4n) is 4.64. The fourth-order valence-corrected chi connectivity index (χ4v) is 4.64. The number of amides is 2. The molecule has 3 aliphatic rings. The second-order valence-electron chi connectivity index (χ2n) is 8.02. The van der Waals surface area contributed by atoms with Gasteiger partial charge in [0.25, 0.3) is 5.91 Å². The molecule has 1 atom stereocenters. The second-order valence-corrected chi connectivity index (χ2v) is 8.02. The van der Waals surface area contributed by atoms with Gasteiger partial charge in [-0.05, 0) is 56.0 Å². The quantitative estimate of drug-likeness (QED) is 0.787. The van der Waals surface area contributed by atoms with Gasteiger partial charge in [0.2, 0.25) is 12.7 Å². The Hall–Kier alpha value is -3.02. The monoisotopic (exact) mass is 392 g/mol. The summed E-state index contributed by atoms with van der Waals surface area (Å²) < 4.78 is 10.7. The maximum absolute atomic E-state index is 13.2. The third-order valence-corrected chi connectivity index (χ3v) is 6.20. The van der Waals surface area contributed by atoms with Crippen LogP contribution in [0.3, 0.4) is 0 Å². The number of ether oxygens (including phenoxy) is 2. The molecular formula is C23H24N2O4. The van der Waals surface area contributed by atoms with Gasteiger partial charge in [0.15, 0.2) is 11.5 Å². The Morgan fingerprint density at radius 2 is 1.76 bits per heavy atom. The van der Waals surface area contributed by atoms with Crippen LogP contribution in [0.2, 0.25) is 0 Å². The Bertz CT molecular complexity index is 965. The van der Waals surface area contributed by atoms with E-state index in [1.807, 2.05) is 28.0 Å². The normalized spacial score (nSPS) is 20.7. The molecule has 2 aromatic carbocycles. The molecule has 0 aliphatic carbocycles. The number of piperidine rings is 1. The van der Waals surface area contributed by atoms with E-state index in [0.29, 0.717) is 43.0 Å². The largest absolute Gasteiger partial charge is 0.454 e. The van der Waals surface area contributed by atoms with Gasteiger partial charge in [-0.25, -0.2) is 0 Å². The lowest BCUT2D eigenvalue weighted by atomic mass is 9.94. The van der Waals surface area contributed by atoms with Crippen molar-refractivity contribution in [3.8, 4) is 11.5 Å². The molecule has 0 aromatic heterocycles. The summed E-state index contributed by atoms with van der Waals surface area (Å²) in [6.45, 7) is 3.48. The number of anilines is 1. The van der Waals surface area contributed by atoms with Gasteiger partial charge in [0.05, 0.1) is 0 Å². The Labute approximate surface area is 170 Å². The molecule has 0 saturated carbocycles. The van der Waals surface area contributed by atoms with E-state index in [9.17, 15) is 9.59 Å². The number of rotatable bonds is 2. The standard InChI is InChI=1S/C23H24N2O4/c1-15-12-17-4-2-3-5-19(17)25(15)23(27)16-8-10-24(11-9-16)22(26)18-6-7-20-21(13-18)29-14-28-20/h2-7,13,15-16H,8-12,14H2,1H3. The van der Waals surface area contributed by atoms with Gasteiger partial charge in [-0.1, -0.05) is 18.2 Å². The van der Waals surface area contributed by atoms with Crippen molar-refractivity contribution in [2.45, 2.75) is 32.2 Å². The highest BCUT2D eigenvalue weighted by molar-refractivity contribution is 5.98. The van der Waals surface area contributed by atoms with Crippen molar-refractivity contribution in [2.75, 3.05) is 24.8 Å². The zero-order valence-corrected chi connectivity index (χ0v) is 16.5. The molecule has 3 heterocycles. The van der Waals surface area contributed by atoms with Crippen LogP contribution in [0, 0.1) is 5.92 Å². The number of benzene rings is 2. The molecule has 0 spiro atoms. The number of para-hydroxylation sites is 1. The number of hydrogen-bond donors (Lipinski definition) is 0. The molecule has 1 unspecified atom stereocenters. The van der Waals surface area contributed by atoms with Gasteiger partial charge >= 0.3 is 0 Å². The maximum atomic E-state index is 13.2. The zero-order chi connectivity index (χ0) is 20.0. The van der Waals surface area contributed by atoms with E-state index in [1.165, 1.54) is 5.56 Å². The van der Waals surface area contributed by atoms with E-state index in [1.54, 1.807) is 18.2 Å². The van der Waals surface area contributed by atoms with Crippen LogP contribution >= 0.6 is 0 Å². The number of carbonyl (C=O) groups is 2. The molecule has 0 bridgehead atoms. The van der Waals surface area contributed by atoms with Crippen LogP contribution < -0.4 is 14.4 Å². The van der Waals surface area contributed by atoms with Gasteiger partial charge in [0.1, 0.15) is 0 Å². The summed E-state index contributed by atoms with van der Waals surface area (Å²) in [7, 11) is 0. The molecule has 5 rings (SSSR count). The highest BCUT2D eigenvalue weighted by atomic mass is 16.7. The summed E-state index contributed by atoms with van der Waals surface area (Å²) >= 11 is 0. The van der Waals surface area contributed by atoms with Crippen molar-refractivity contribution >= 4 is 17.5 Å². The third kappa shape index (κ3) is 3.12. The molecule has 1 saturated heterocycles. The summed E-state index contributed by atoms with van der Waals surface area (Å²) in [4.78, 5) is 29.9. The average Bonchev–Trinajstić information content (AvgIpc) is 3.35. The van der Waals surface area contributed by atoms with Crippen molar-refractivity contribution in [3.05, 3.63) is 53.6 Å². The molecule has 150 valence electrons. The first-order valence-corrected chi connectivity index (χ1v) is 10.2. The van der Waals surface area contributed by atoms with Crippen LogP contribution in [0.5, 0.6) is 11.5 Å². The van der Waals surface area contributed by atoms with Gasteiger partial charge in [-0.2, -0.15) is 0 Å². The van der Waals surface area contributed by atoms with Gasteiger partial charge < -0.3 is 19.3 Å². The lowest BCUT2D eigenvalue weighted by Crippen LogP contribution is -2.46. The van der Waals surface area contributed by atoms with E-state index in [2.05, 4.69) is 13.0 Å². The number of carbonyl (C=O) groups excluding carboxylic acids is 2. The van der Waals surface area contributed by atoms with Crippen molar-refractivity contribution in [1.29, 1.82) is 0 Å². The summed E-state index contributed by atoms with van der Waals surface area (Å²) in [6.07, 6.45) is 2.30. The number of likely N-dealkylation sites (tertiary alicyclic amines) is 1. The first-order valence-electron chi connectivity index (χ1n) is 10.2. The molecule has 6 heteroatoms. The van der Waals surface area contributed by atoms with Crippen LogP contribution in [0.25, 0.3) is 0 Å². The van der Waals surface area contributed by atoms with Crippen molar-refractivity contribution in [2.24, 2.45) is 5.92 Å². The molecule has 2 amide bonds. The summed E-state index contributed by atoms with van der Waals surface area (Å²) in [6, 6.07) is 13.6. The molecular weight excluding hydrogens is 368 g/mol. The summed E-state index contributed by atoms with van der Waals surface area (Å²) in [5.41, 5.74) is 2.88. The first-order chi connectivity index (χ1) is 14.1. The predicted octanol–water partition coefficient (Wildman–Crippen LogP) is 3.25. The molecule has 29 heavy (non-hydrogen) atoms. The van der Waals surface area contributed by atoms with Crippen molar-refractivity contribution in [1.82, 2.24) is 4.90 Å². The second kappa shape index (κ2) is 7.10. The fraction of sp³-hybridized carbons (Fsp3) is 0.391. The molecule has 0 radical (unpaired) electrons. The van der Waals surface area contributed by atoms with Crippen molar-refractivity contribution in [3.63, 3.8) is 0 Å². The van der Waals surface area contributed by atoms with Crippen LogP contribution in [-0.4, -0.2) is 42.6 Å². The number of nitrogens with zero attached hydrogens (tertiary/aromatic N) is 2. The summed E-state index contributed by atoms with van der Waals surface area (Å²) in [5.74, 6) is 1.42. The van der Waals surface area contributed by atoms with Crippen LogP contribution in [0.1, 0.15) is 35.7 Å². The molecule has 1 fully saturated rings. The minimum atomic E-state index is -0.0376. The van der Waals surface area contributed by atoms with Crippen LogP contribution in [0.4, 0.5) is 5.69 Å². The lowest BCUT2D eigenvalue weighted by molar-refractivity contribution is -0.124. The van der Waals surface area contributed by atoms with E-state index >= 15 is 0 Å². The van der Waals surface area contributed by atoms with Crippen molar-refractivity contribution < 1.29 is 19.1 Å².